The minimum absolute atomic E-state index is 0.744. The molecule has 18 heavy (non-hydrogen) atoms. The van der Waals surface area contributed by atoms with Crippen LogP contribution in [-0.2, 0) is 6.54 Å². The number of ether oxygens (including phenoxy) is 1. The van der Waals surface area contributed by atoms with Crippen molar-refractivity contribution in [1.82, 2.24) is 5.32 Å². The first-order valence-corrected chi connectivity index (χ1v) is 6.04. The van der Waals surface area contributed by atoms with Crippen LogP contribution >= 0.6 is 0 Å². The van der Waals surface area contributed by atoms with Crippen LogP contribution in [0.3, 0.4) is 0 Å². The smallest absolute Gasteiger partial charge is 0.134 e. The highest BCUT2D eigenvalue weighted by molar-refractivity contribution is 5.65. The molecule has 0 bridgehead atoms. The molecule has 3 nitrogen and oxygen atoms in total. The van der Waals surface area contributed by atoms with E-state index in [2.05, 4.69) is 18.3 Å². The van der Waals surface area contributed by atoms with Gasteiger partial charge in [0, 0.05) is 5.56 Å². The van der Waals surface area contributed by atoms with Gasteiger partial charge in [0.05, 0.1) is 13.7 Å². The quantitative estimate of drug-likeness (QED) is 0.897. The maximum atomic E-state index is 5.82. The first kappa shape index (κ1) is 12.7. The summed E-state index contributed by atoms with van der Waals surface area (Å²) in [7, 11) is 3.60. The molecule has 0 unspecified atom stereocenters. The van der Waals surface area contributed by atoms with Gasteiger partial charge in [-0.05, 0) is 56.3 Å². The molecule has 0 spiro atoms. The number of hydrogen-bond donors (Lipinski definition) is 1. The lowest BCUT2D eigenvalue weighted by Crippen LogP contribution is -2.03. The molecule has 0 aliphatic rings. The third-order valence-electron chi connectivity index (χ3n) is 3.02. The maximum Gasteiger partial charge on any atom is 0.134 e. The van der Waals surface area contributed by atoms with E-state index in [9.17, 15) is 0 Å². The molecule has 0 fully saturated rings. The number of aryl methyl sites for hydroxylation is 2. The van der Waals surface area contributed by atoms with Crippen LogP contribution < -0.4 is 10.1 Å². The van der Waals surface area contributed by atoms with Crippen LogP contribution in [0.1, 0.15) is 16.9 Å². The minimum atomic E-state index is 0.744. The Morgan fingerprint density at radius 3 is 2.61 bits per heavy atom. The molecule has 0 radical (unpaired) electrons. The minimum Gasteiger partial charge on any atom is -0.496 e. The topological polar surface area (TPSA) is 34.4 Å². The Balaban J connectivity index is 2.40. The number of rotatable bonds is 4. The van der Waals surface area contributed by atoms with Crippen LogP contribution in [0.15, 0.2) is 28.7 Å². The van der Waals surface area contributed by atoms with Gasteiger partial charge in [0.1, 0.15) is 17.3 Å². The van der Waals surface area contributed by atoms with Crippen LogP contribution in [0.5, 0.6) is 5.75 Å². The molecule has 0 atom stereocenters. The molecule has 1 aromatic carbocycles. The molecule has 1 heterocycles. The Bertz CT molecular complexity index is 543. The predicted molar refractivity (Wildman–Crippen MR) is 72.9 cm³/mol. The zero-order chi connectivity index (χ0) is 13.1. The Kier molecular flexibility index (Phi) is 3.72. The van der Waals surface area contributed by atoms with Crippen molar-refractivity contribution in [2.75, 3.05) is 14.2 Å². The fourth-order valence-electron chi connectivity index (χ4n) is 2.07. The van der Waals surface area contributed by atoms with E-state index in [4.69, 9.17) is 9.15 Å². The van der Waals surface area contributed by atoms with Gasteiger partial charge in [-0.2, -0.15) is 0 Å². The maximum absolute atomic E-state index is 5.82. The van der Waals surface area contributed by atoms with Gasteiger partial charge in [0.15, 0.2) is 0 Å². The average Bonchev–Trinajstić information content (AvgIpc) is 2.80. The lowest BCUT2D eigenvalue weighted by Gasteiger charge is -2.09. The van der Waals surface area contributed by atoms with Gasteiger partial charge in [-0.25, -0.2) is 0 Å². The van der Waals surface area contributed by atoms with E-state index in [1.165, 1.54) is 0 Å². The monoisotopic (exact) mass is 245 g/mol. The van der Waals surface area contributed by atoms with E-state index < -0.39 is 0 Å². The van der Waals surface area contributed by atoms with E-state index in [0.717, 1.165) is 40.5 Å². The van der Waals surface area contributed by atoms with Crippen molar-refractivity contribution in [3.63, 3.8) is 0 Å². The lowest BCUT2D eigenvalue weighted by molar-refractivity contribution is 0.411. The fourth-order valence-corrected chi connectivity index (χ4v) is 2.07. The molecule has 0 amide bonds. The average molecular weight is 245 g/mol. The zero-order valence-corrected chi connectivity index (χ0v) is 11.3. The van der Waals surface area contributed by atoms with Crippen molar-refractivity contribution in [1.29, 1.82) is 0 Å². The van der Waals surface area contributed by atoms with Crippen LogP contribution in [0.25, 0.3) is 11.3 Å². The summed E-state index contributed by atoms with van der Waals surface area (Å²) < 4.78 is 11.1. The molecular weight excluding hydrogens is 226 g/mol. The molecule has 96 valence electrons. The summed E-state index contributed by atoms with van der Waals surface area (Å²) in [5.41, 5.74) is 3.39. The summed E-state index contributed by atoms with van der Waals surface area (Å²) >= 11 is 0. The molecule has 1 aromatic heterocycles. The molecule has 0 aliphatic heterocycles. The zero-order valence-electron chi connectivity index (χ0n) is 11.3. The third kappa shape index (κ3) is 2.41. The number of benzene rings is 1. The predicted octanol–water partition coefficient (Wildman–Crippen LogP) is 3.29. The molecule has 2 rings (SSSR count). The Morgan fingerprint density at radius 1 is 1.17 bits per heavy atom. The van der Waals surface area contributed by atoms with E-state index in [1.54, 1.807) is 7.11 Å². The Labute approximate surface area is 108 Å². The van der Waals surface area contributed by atoms with Crippen molar-refractivity contribution in [3.05, 3.63) is 41.2 Å². The standard InChI is InChI=1S/C15H19NO2/c1-10-8-15(17-4)11(2)7-13(10)14-6-5-12(18-14)9-16-3/h5-8,16H,9H2,1-4H3. The number of furan rings is 1. The van der Waals surface area contributed by atoms with Crippen molar-refractivity contribution in [2.45, 2.75) is 20.4 Å². The molecular formula is C15H19NO2. The second-order valence-corrected chi connectivity index (χ2v) is 4.43. The highest BCUT2D eigenvalue weighted by Gasteiger charge is 2.10. The molecule has 0 aliphatic carbocycles. The van der Waals surface area contributed by atoms with Crippen molar-refractivity contribution < 1.29 is 9.15 Å². The second kappa shape index (κ2) is 5.27. The first-order valence-electron chi connectivity index (χ1n) is 6.04. The first-order chi connectivity index (χ1) is 8.65. The van der Waals surface area contributed by atoms with E-state index in [1.807, 2.05) is 32.2 Å². The summed E-state index contributed by atoms with van der Waals surface area (Å²) in [6, 6.07) is 8.17. The van der Waals surface area contributed by atoms with Crippen LogP contribution in [0.2, 0.25) is 0 Å². The van der Waals surface area contributed by atoms with Crippen LogP contribution in [0, 0.1) is 13.8 Å². The van der Waals surface area contributed by atoms with E-state index in [0.29, 0.717) is 0 Å². The van der Waals surface area contributed by atoms with Gasteiger partial charge in [-0.1, -0.05) is 0 Å². The second-order valence-electron chi connectivity index (χ2n) is 4.43. The summed E-state index contributed by atoms with van der Waals surface area (Å²) in [5.74, 6) is 2.77. The summed E-state index contributed by atoms with van der Waals surface area (Å²) in [4.78, 5) is 0. The van der Waals surface area contributed by atoms with Gasteiger partial charge in [0.25, 0.3) is 0 Å². The van der Waals surface area contributed by atoms with Crippen molar-refractivity contribution >= 4 is 0 Å². The normalized spacial score (nSPS) is 10.7. The number of nitrogens with one attached hydrogen (secondary N) is 1. The van der Waals surface area contributed by atoms with Gasteiger partial charge in [0.2, 0.25) is 0 Å². The van der Waals surface area contributed by atoms with Gasteiger partial charge >= 0.3 is 0 Å². The Morgan fingerprint density at radius 2 is 1.94 bits per heavy atom. The van der Waals surface area contributed by atoms with Crippen LogP contribution in [-0.4, -0.2) is 14.2 Å². The highest BCUT2D eigenvalue weighted by Crippen LogP contribution is 2.31. The Hall–Kier alpha value is -1.74. The molecule has 3 heteroatoms. The summed E-state index contributed by atoms with van der Waals surface area (Å²) in [6.07, 6.45) is 0. The highest BCUT2D eigenvalue weighted by atomic mass is 16.5. The summed E-state index contributed by atoms with van der Waals surface area (Å²) in [6.45, 7) is 4.85. The van der Waals surface area contributed by atoms with Gasteiger partial charge < -0.3 is 14.5 Å². The number of methoxy groups -OCH3 is 1. The molecule has 0 saturated heterocycles. The summed E-state index contributed by atoms with van der Waals surface area (Å²) in [5, 5.41) is 3.08. The largest absolute Gasteiger partial charge is 0.496 e. The fraction of sp³-hybridized carbons (Fsp3) is 0.333. The molecule has 1 N–H and O–H groups in total. The molecule has 2 aromatic rings. The van der Waals surface area contributed by atoms with Gasteiger partial charge in [-0.3, -0.25) is 0 Å². The van der Waals surface area contributed by atoms with Crippen molar-refractivity contribution in [3.8, 4) is 17.1 Å². The van der Waals surface area contributed by atoms with E-state index >= 15 is 0 Å². The van der Waals surface area contributed by atoms with E-state index in [-0.39, 0.29) is 0 Å². The van der Waals surface area contributed by atoms with Crippen LogP contribution in [0.4, 0.5) is 0 Å². The van der Waals surface area contributed by atoms with Gasteiger partial charge in [-0.15, -0.1) is 0 Å². The molecule has 0 saturated carbocycles. The third-order valence-corrected chi connectivity index (χ3v) is 3.02. The SMILES string of the molecule is CNCc1ccc(-c2cc(C)c(OC)cc2C)o1. The lowest BCUT2D eigenvalue weighted by atomic mass is 10.0. The van der Waals surface area contributed by atoms with Crippen molar-refractivity contribution in [2.24, 2.45) is 0 Å². The number of hydrogen-bond acceptors (Lipinski definition) is 3.